The molecule has 0 spiro atoms. The highest BCUT2D eigenvalue weighted by molar-refractivity contribution is 6.00. The standard InChI is InChI=1S/C15H14N4O2/c1-10-17-15(21-19-10)8-7-14(20)18-13-6-2-5-12-11(13)4-3-9-16-12/h2-6,9H,7-8H2,1H3,(H,18,20). The lowest BCUT2D eigenvalue weighted by molar-refractivity contribution is -0.116. The second-order valence-corrected chi connectivity index (χ2v) is 4.66. The van der Waals surface area contributed by atoms with E-state index in [1.807, 2.05) is 30.3 Å². The van der Waals surface area contributed by atoms with E-state index in [-0.39, 0.29) is 12.3 Å². The molecule has 3 aromatic rings. The molecule has 0 aliphatic carbocycles. The zero-order valence-electron chi connectivity index (χ0n) is 11.5. The van der Waals surface area contributed by atoms with Crippen molar-refractivity contribution in [3.8, 4) is 0 Å². The number of pyridine rings is 1. The smallest absolute Gasteiger partial charge is 0.227 e. The number of rotatable bonds is 4. The van der Waals surface area contributed by atoms with Crippen molar-refractivity contribution in [2.24, 2.45) is 0 Å². The van der Waals surface area contributed by atoms with Crippen LogP contribution in [0.1, 0.15) is 18.1 Å². The van der Waals surface area contributed by atoms with Gasteiger partial charge in [0.25, 0.3) is 0 Å². The molecule has 1 amide bonds. The first kappa shape index (κ1) is 13.2. The van der Waals surface area contributed by atoms with Crippen LogP contribution in [-0.4, -0.2) is 21.0 Å². The number of carbonyl (C=O) groups is 1. The normalized spacial score (nSPS) is 10.7. The molecule has 0 saturated heterocycles. The van der Waals surface area contributed by atoms with Crippen molar-refractivity contribution in [1.29, 1.82) is 0 Å². The molecule has 0 fully saturated rings. The first-order chi connectivity index (χ1) is 10.2. The SMILES string of the molecule is Cc1noc(CCC(=O)Nc2cccc3ncccc23)n1. The van der Waals surface area contributed by atoms with Crippen molar-refractivity contribution in [2.45, 2.75) is 19.8 Å². The number of carbonyl (C=O) groups excluding carboxylic acids is 1. The van der Waals surface area contributed by atoms with E-state index in [2.05, 4.69) is 20.4 Å². The average Bonchev–Trinajstić information content (AvgIpc) is 2.91. The summed E-state index contributed by atoms with van der Waals surface area (Å²) in [5, 5.41) is 7.51. The number of benzene rings is 1. The van der Waals surface area contributed by atoms with Gasteiger partial charge in [0.1, 0.15) is 0 Å². The predicted octanol–water partition coefficient (Wildman–Crippen LogP) is 2.50. The Labute approximate surface area is 121 Å². The van der Waals surface area contributed by atoms with Gasteiger partial charge in [-0.2, -0.15) is 4.98 Å². The first-order valence-electron chi connectivity index (χ1n) is 6.65. The second kappa shape index (κ2) is 5.70. The molecule has 0 saturated carbocycles. The van der Waals surface area contributed by atoms with Gasteiger partial charge in [0.2, 0.25) is 11.8 Å². The molecule has 3 rings (SSSR count). The Bertz CT molecular complexity index is 777. The van der Waals surface area contributed by atoms with Gasteiger partial charge < -0.3 is 9.84 Å². The van der Waals surface area contributed by atoms with Crippen molar-refractivity contribution in [1.82, 2.24) is 15.1 Å². The summed E-state index contributed by atoms with van der Waals surface area (Å²) in [6.07, 6.45) is 2.44. The fraction of sp³-hybridized carbons (Fsp3) is 0.200. The van der Waals surface area contributed by atoms with Gasteiger partial charge in [-0.1, -0.05) is 11.2 Å². The van der Waals surface area contributed by atoms with Crippen LogP contribution in [0.15, 0.2) is 41.1 Å². The van der Waals surface area contributed by atoms with Crippen LogP contribution >= 0.6 is 0 Å². The van der Waals surface area contributed by atoms with E-state index in [1.165, 1.54) is 0 Å². The van der Waals surface area contributed by atoms with E-state index < -0.39 is 0 Å². The van der Waals surface area contributed by atoms with Gasteiger partial charge in [-0.25, -0.2) is 0 Å². The van der Waals surface area contributed by atoms with Gasteiger partial charge in [-0.15, -0.1) is 0 Å². The Balaban J connectivity index is 1.69. The van der Waals surface area contributed by atoms with Crippen molar-refractivity contribution in [3.05, 3.63) is 48.2 Å². The molecule has 0 aliphatic heterocycles. The van der Waals surface area contributed by atoms with Crippen LogP contribution in [0.2, 0.25) is 0 Å². The number of aryl methyl sites for hydroxylation is 2. The quantitative estimate of drug-likeness (QED) is 0.795. The minimum atomic E-state index is -0.0952. The predicted molar refractivity (Wildman–Crippen MR) is 77.7 cm³/mol. The van der Waals surface area contributed by atoms with Crippen molar-refractivity contribution < 1.29 is 9.32 Å². The number of aromatic nitrogens is 3. The number of hydrogen-bond donors (Lipinski definition) is 1. The third-order valence-corrected chi connectivity index (χ3v) is 3.06. The summed E-state index contributed by atoms with van der Waals surface area (Å²) in [5.41, 5.74) is 1.61. The molecule has 1 aromatic carbocycles. The molecule has 0 bridgehead atoms. The first-order valence-corrected chi connectivity index (χ1v) is 6.65. The van der Waals surface area contributed by atoms with E-state index in [9.17, 15) is 4.79 Å². The Morgan fingerprint density at radius 2 is 2.19 bits per heavy atom. The molecule has 106 valence electrons. The van der Waals surface area contributed by atoms with Crippen LogP contribution in [0.25, 0.3) is 10.9 Å². The lowest BCUT2D eigenvalue weighted by atomic mass is 10.1. The van der Waals surface area contributed by atoms with Crippen LogP contribution in [0.5, 0.6) is 0 Å². The number of fused-ring (bicyclic) bond motifs is 1. The molecule has 21 heavy (non-hydrogen) atoms. The summed E-state index contributed by atoms with van der Waals surface area (Å²) in [6, 6.07) is 9.41. The number of amides is 1. The largest absolute Gasteiger partial charge is 0.339 e. The summed E-state index contributed by atoms with van der Waals surface area (Å²) in [6.45, 7) is 1.75. The fourth-order valence-corrected chi connectivity index (χ4v) is 2.09. The maximum Gasteiger partial charge on any atom is 0.227 e. The van der Waals surface area contributed by atoms with Crippen LogP contribution in [0, 0.1) is 6.92 Å². The highest BCUT2D eigenvalue weighted by Crippen LogP contribution is 2.21. The van der Waals surface area contributed by atoms with E-state index >= 15 is 0 Å². The maximum absolute atomic E-state index is 12.0. The van der Waals surface area contributed by atoms with Crippen molar-refractivity contribution >= 4 is 22.5 Å². The lowest BCUT2D eigenvalue weighted by Crippen LogP contribution is -2.12. The number of anilines is 1. The van der Waals surface area contributed by atoms with Crippen molar-refractivity contribution in [2.75, 3.05) is 5.32 Å². The van der Waals surface area contributed by atoms with Gasteiger partial charge >= 0.3 is 0 Å². The molecule has 1 N–H and O–H groups in total. The van der Waals surface area contributed by atoms with Crippen LogP contribution in [0.4, 0.5) is 5.69 Å². The van der Waals surface area contributed by atoms with Crippen LogP contribution in [0.3, 0.4) is 0 Å². The fourth-order valence-electron chi connectivity index (χ4n) is 2.09. The summed E-state index contributed by atoms with van der Waals surface area (Å²) >= 11 is 0. The Kier molecular flexibility index (Phi) is 3.59. The number of nitrogens with zero attached hydrogens (tertiary/aromatic N) is 3. The van der Waals surface area contributed by atoms with Gasteiger partial charge in [-0.05, 0) is 31.2 Å². The Hall–Kier alpha value is -2.76. The van der Waals surface area contributed by atoms with E-state index in [1.54, 1.807) is 13.1 Å². The third kappa shape index (κ3) is 3.05. The minimum Gasteiger partial charge on any atom is -0.339 e. The Morgan fingerprint density at radius 3 is 3.00 bits per heavy atom. The van der Waals surface area contributed by atoms with E-state index in [0.29, 0.717) is 18.1 Å². The van der Waals surface area contributed by atoms with Crippen LogP contribution < -0.4 is 5.32 Å². The van der Waals surface area contributed by atoms with E-state index in [4.69, 9.17) is 4.52 Å². The summed E-state index contributed by atoms with van der Waals surface area (Å²) in [7, 11) is 0. The second-order valence-electron chi connectivity index (χ2n) is 4.66. The molecule has 0 aliphatic rings. The molecular weight excluding hydrogens is 268 g/mol. The third-order valence-electron chi connectivity index (χ3n) is 3.06. The molecule has 2 aromatic heterocycles. The van der Waals surface area contributed by atoms with Crippen LogP contribution in [-0.2, 0) is 11.2 Å². The summed E-state index contributed by atoms with van der Waals surface area (Å²) in [5.74, 6) is 0.954. The maximum atomic E-state index is 12.0. The molecule has 0 radical (unpaired) electrons. The van der Waals surface area contributed by atoms with Gasteiger partial charge in [0.05, 0.1) is 11.2 Å². The summed E-state index contributed by atoms with van der Waals surface area (Å²) in [4.78, 5) is 20.3. The monoisotopic (exact) mass is 282 g/mol. The van der Waals surface area contributed by atoms with Gasteiger partial charge in [0.15, 0.2) is 5.82 Å². The highest BCUT2D eigenvalue weighted by atomic mass is 16.5. The number of hydrogen-bond acceptors (Lipinski definition) is 5. The zero-order chi connectivity index (χ0) is 14.7. The van der Waals surface area contributed by atoms with Crippen molar-refractivity contribution in [3.63, 3.8) is 0 Å². The molecular formula is C15H14N4O2. The lowest BCUT2D eigenvalue weighted by Gasteiger charge is -2.07. The highest BCUT2D eigenvalue weighted by Gasteiger charge is 2.09. The van der Waals surface area contributed by atoms with E-state index in [0.717, 1.165) is 16.6 Å². The molecule has 6 heteroatoms. The molecule has 6 nitrogen and oxygen atoms in total. The molecule has 2 heterocycles. The molecule has 0 atom stereocenters. The average molecular weight is 282 g/mol. The summed E-state index contributed by atoms with van der Waals surface area (Å²) < 4.78 is 4.98. The Morgan fingerprint density at radius 1 is 1.29 bits per heavy atom. The topological polar surface area (TPSA) is 80.9 Å². The molecule has 0 unspecified atom stereocenters. The minimum absolute atomic E-state index is 0.0952. The van der Waals surface area contributed by atoms with Gasteiger partial charge in [-0.3, -0.25) is 9.78 Å². The zero-order valence-corrected chi connectivity index (χ0v) is 11.5. The number of nitrogens with one attached hydrogen (secondary N) is 1. The van der Waals surface area contributed by atoms with Gasteiger partial charge in [0, 0.05) is 24.4 Å².